The third kappa shape index (κ3) is 2.03. The fourth-order valence-corrected chi connectivity index (χ4v) is 1.89. The second-order valence-corrected chi connectivity index (χ2v) is 3.85. The van der Waals surface area contributed by atoms with Gasteiger partial charge in [-0.1, -0.05) is 13.8 Å². The molecule has 0 saturated heterocycles. The molecule has 1 aliphatic carbocycles. The zero-order valence-corrected chi connectivity index (χ0v) is 7.34. The van der Waals surface area contributed by atoms with Crippen molar-refractivity contribution in [3.63, 3.8) is 0 Å². The summed E-state index contributed by atoms with van der Waals surface area (Å²) in [5, 5.41) is 0. The highest BCUT2D eigenvalue weighted by atomic mass is 16.1. The Morgan fingerprint density at radius 1 is 1.55 bits per heavy atom. The standard InChI is InChI=1S/C9H17NO/c1-6(2)8-4-3-7(11)5-9(8)10/h6,8-9H,3-5,10H2,1-2H3. The average molecular weight is 155 g/mol. The molecule has 0 amide bonds. The molecule has 1 saturated carbocycles. The summed E-state index contributed by atoms with van der Waals surface area (Å²) in [6.45, 7) is 4.36. The van der Waals surface area contributed by atoms with Gasteiger partial charge in [0.15, 0.2) is 0 Å². The van der Waals surface area contributed by atoms with Gasteiger partial charge in [-0.15, -0.1) is 0 Å². The van der Waals surface area contributed by atoms with Gasteiger partial charge in [-0.25, -0.2) is 0 Å². The first-order valence-corrected chi connectivity index (χ1v) is 4.38. The minimum Gasteiger partial charge on any atom is -0.327 e. The average Bonchev–Trinajstić information content (AvgIpc) is 1.85. The molecule has 1 rings (SSSR count). The summed E-state index contributed by atoms with van der Waals surface area (Å²) in [5.74, 6) is 1.53. The predicted molar refractivity (Wildman–Crippen MR) is 45.2 cm³/mol. The third-order valence-electron chi connectivity index (χ3n) is 2.63. The van der Waals surface area contributed by atoms with Crippen LogP contribution in [0.2, 0.25) is 0 Å². The predicted octanol–water partition coefficient (Wildman–Crippen LogP) is 1.34. The summed E-state index contributed by atoms with van der Waals surface area (Å²) in [7, 11) is 0. The van der Waals surface area contributed by atoms with Gasteiger partial charge in [0.05, 0.1) is 0 Å². The van der Waals surface area contributed by atoms with Crippen LogP contribution in [0.15, 0.2) is 0 Å². The zero-order valence-electron chi connectivity index (χ0n) is 7.34. The second-order valence-electron chi connectivity index (χ2n) is 3.85. The molecular weight excluding hydrogens is 138 g/mol. The fraction of sp³-hybridized carbons (Fsp3) is 0.889. The van der Waals surface area contributed by atoms with Crippen LogP contribution in [0.25, 0.3) is 0 Å². The summed E-state index contributed by atoms with van der Waals surface area (Å²) in [4.78, 5) is 11.0. The van der Waals surface area contributed by atoms with Crippen LogP contribution in [0.1, 0.15) is 33.1 Å². The molecule has 2 heteroatoms. The highest BCUT2D eigenvalue weighted by Crippen LogP contribution is 2.26. The Morgan fingerprint density at radius 2 is 2.18 bits per heavy atom. The van der Waals surface area contributed by atoms with Gasteiger partial charge < -0.3 is 5.73 Å². The minimum atomic E-state index is 0.122. The molecule has 2 atom stereocenters. The molecule has 11 heavy (non-hydrogen) atoms. The Morgan fingerprint density at radius 3 is 2.64 bits per heavy atom. The van der Waals surface area contributed by atoms with Crippen molar-refractivity contribution in [1.29, 1.82) is 0 Å². The Hall–Kier alpha value is -0.370. The number of ketones is 1. The number of Topliss-reactive ketones (excluding diaryl/α,β-unsaturated/α-hetero) is 1. The van der Waals surface area contributed by atoms with E-state index in [2.05, 4.69) is 13.8 Å². The topological polar surface area (TPSA) is 43.1 Å². The molecule has 2 unspecified atom stereocenters. The molecule has 0 bridgehead atoms. The van der Waals surface area contributed by atoms with Crippen LogP contribution in [-0.4, -0.2) is 11.8 Å². The van der Waals surface area contributed by atoms with Crippen LogP contribution in [-0.2, 0) is 4.79 Å². The van der Waals surface area contributed by atoms with E-state index in [0.29, 0.717) is 24.0 Å². The van der Waals surface area contributed by atoms with Gasteiger partial charge in [0.2, 0.25) is 0 Å². The Labute approximate surface area is 68.2 Å². The van der Waals surface area contributed by atoms with Crippen molar-refractivity contribution in [3.05, 3.63) is 0 Å². The summed E-state index contributed by atoms with van der Waals surface area (Å²) >= 11 is 0. The van der Waals surface area contributed by atoms with Crippen LogP contribution >= 0.6 is 0 Å². The first kappa shape index (κ1) is 8.72. The molecule has 1 fully saturated rings. The third-order valence-corrected chi connectivity index (χ3v) is 2.63. The summed E-state index contributed by atoms with van der Waals surface area (Å²) in [6, 6.07) is 0.122. The summed E-state index contributed by atoms with van der Waals surface area (Å²) in [5.41, 5.74) is 5.85. The molecule has 0 radical (unpaired) electrons. The molecule has 2 N–H and O–H groups in total. The van der Waals surface area contributed by atoms with Gasteiger partial charge in [-0.3, -0.25) is 4.79 Å². The first-order chi connectivity index (χ1) is 5.11. The molecular formula is C9H17NO. The monoisotopic (exact) mass is 155 g/mol. The number of nitrogens with two attached hydrogens (primary N) is 1. The van der Waals surface area contributed by atoms with E-state index in [-0.39, 0.29) is 6.04 Å². The largest absolute Gasteiger partial charge is 0.327 e. The highest BCUT2D eigenvalue weighted by molar-refractivity contribution is 5.79. The quantitative estimate of drug-likeness (QED) is 0.621. The Kier molecular flexibility index (Phi) is 2.66. The molecule has 0 aromatic carbocycles. The minimum absolute atomic E-state index is 0.122. The van der Waals surface area contributed by atoms with Gasteiger partial charge in [0.25, 0.3) is 0 Å². The number of hydrogen-bond acceptors (Lipinski definition) is 2. The van der Waals surface area contributed by atoms with E-state index >= 15 is 0 Å². The van der Waals surface area contributed by atoms with Gasteiger partial charge in [0.1, 0.15) is 5.78 Å². The van der Waals surface area contributed by atoms with Crippen LogP contribution in [0.3, 0.4) is 0 Å². The van der Waals surface area contributed by atoms with Crippen molar-refractivity contribution in [2.24, 2.45) is 17.6 Å². The molecule has 0 heterocycles. The maximum atomic E-state index is 11.0. The normalized spacial score (nSPS) is 32.9. The smallest absolute Gasteiger partial charge is 0.134 e. The molecule has 1 aliphatic rings. The molecule has 0 aliphatic heterocycles. The first-order valence-electron chi connectivity index (χ1n) is 4.38. The van der Waals surface area contributed by atoms with Crippen molar-refractivity contribution in [2.45, 2.75) is 39.2 Å². The maximum Gasteiger partial charge on any atom is 0.134 e. The lowest BCUT2D eigenvalue weighted by Gasteiger charge is -2.30. The zero-order chi connectivity index (χ0) is 8.43. The number of carbonyl (C=O) groups excluding carboxylic acids is 1. The SMILES string of the molecule is CC(C)C1CCC(=O)CC1N. The van der Waals surface area contributed by atoms with E-state index in [1.165, 1.54) is 0 Å². The van der Waals surface area contributed by atoms with E-state index in [4.69, 9.17) is 5.73 Å². The van der Waals surface area contributed by atoms with Crippen LogP contribution in [0.5, 0.6) is 0 Å². The molecule has 0 aromatic heterocycles. The molecule has 0 aromatic rings. The van der Waals surface area contributed by atoms with Crippen LogP contribution < -0.4 is 5.73 Å². The lowest BCUT2D eigenvalue weighted by molar-refractivity contribution is -0.121. The van der Waals surface area contributed by atoms with E-state index in [1.54, 1.807) is 0 Å². The van der Waals surface area contributed by atoms with Crippen molar-refractivity contribution in [3.8, 4) is 0 Å². The fourth-order valence-electron chi connectivity index (χ4n) is 1.89. The lowest BCUT2D eigenvalue weighted by Crippen LogP contribution is -2.39. The van der Waals surface area contributed by atoms with Gasteiger partial charge in [-0.05, 0) is 18.3 Å². The molecule has 2 nitrogen and oxygen atoms in total. The van der Waals surface area contributed by atoms with E-state index in [0.717, 1.165) is 12.8 Å². The number of rotatable bonds is 1. The second kappa shape index (κ2) is 3.35. The summed E-state index contributed by atoms with van der Waals surface area (Å²) in [6.07, 6.45) is 2.34. The molecule has 0 spiro atoms. The van der Waals surface area contributed by atoms with E-state index < -0.39 is 0 Å². The highest BCUT2D eigenvalue weighted by Gasteiger charge is 2.28. The van der Waals surface area contributed by atoms with Crippen molar-refractivity contribution >= 4 is 5.78 Å². The maximum absolute atomic E-state index is 11.0. The van der Waals surface area contributed by atoms with E-state index in [9.17, 15) is 4.79 Å². The van der Waals surface area contributed by atoms with Crippen LogP contribution in [0, 0.1) is 11.8 Å². The number of hydrogen-bond donors (Lipinski definition) is 1. The van der Waals surface area contributed by atoms with Crippen LogP contribution in [0.4, 0.5) is 0 Å². The van der Waals surface area contributed by atoms with Crippen molar-refractivity contribution in [2.75, 3.05) is 0 Å². The van der Waals surface area contributed by atoms with Gasteiger partial charge >= 0.3 is 0 Å². The Bertz CT molecular complexity index is 154. The van der Waals surface area contributed by atoms with Crippen molar-refractivity contribution < 1.29 is 4.79 Å². The van der Waals surface area contributed by atoms with E-state index in [1.807, 2.05) is 0 Å². The number of carbonyl (C=O) groups is 1. The summed E-state index contributed by atoms with van der Waals surface area (Å²) < 4.78 is 0. The Balaban J connectivity index is 2.50. The van der Waals surface area contributed by atoms with Gasteiger partial charge in [0, 0.05) is 18.9 Å². The molecule has 64 valence electrons. The van der Waals surface area contributed by atoms with Gasteiger partial charge in [-0.2, -0.15) is 0 Å². The lowest BCUT2D eigenvalue weighted by atomic mass is 9.78. The van der Waals surface area contributed by atoms with Crippen molar-refractivity contribution in [1.82, 2.24) is 0 Å².